The van der Waals surface area contributed by atoms with E-state index in [1.165, 1.54) is 24.3 Å². The van der Waals surface area contributed by atoms with Gasteiger partial charge < -0.3 is 15.4 Å². The average Bonchev–Trinajstić information content (AvgIpc) is 2.76. The van der Waals surface area contributed by atoms with Crippen molar-refractivity contribution in [2.75, 3.05) is 37.4 Å². The summed E-state index contributed by atoms with van der Waals surface area (Å²) >= 11 is 0. The standard InChI is InChI=1S/C24H24FN3O3/c1-28(15-16-31-20-7-3-2-4-8-20)17-23(29)27-22-10-6-5-9-21(22)24(30)26-19-13-11-18(25)12-14-19/h2-14H,15-17H2,1H3,(H,26,30)(H,27,29). The lowest BCUT2D eigenvalue weighted by Gasteiger charge is -2.17. The van der Waals surface area contributed by atoms with Crippen LogP contribution in [0.5, 0.6) is 5.75 Å². The molecule has 160 valence electrons. The van der Waals surface area contributed by atoms with Gasteiger partial charge in [-0.25, -0.2) is 4.39 Å². The number of para-hydroxylation sites is 2. The summed E-state index contributed by atoms with van der Waals surface area (Å²) in [6.07, 6.45) is 0. The Morgan fingerprint density at radius 2 is 1.58 bits per heavy atom. The molecule has 3 aromatic carbocycles. The van der Waals surface area contributed by atoms with Gasteiger partial charge in [-0.2, -0.15) is 0 Å². The van der Waals surface area contributed by atoms with Crippen LogP contribution in [0.1, 0.15) is 10.4 Å². The number of anilines is 2. The predicted molar refractivity (Wildman–Crippen MR) is 119 cm³/mol. The number of likely N-dealkylation sites (N-methyl/N-ethyl adjacent to an activating group) is 1. The van der Waals surface area contributed by atoms with E-state index in [-0.39, 0.29) is 18.3 Å². The Kier molecular flexibility index (Phi) is 7.73. The van der Waals surface area contributed by atoms with Crippen LogP contribution in [0.25, 0.3) is 0 Å². The van der Waals surface area contributed by atoms with E-state index in [0.717, 1.165) is 5.75 Å². The molecule has 31 heavy (non-hydrogen) atoms. The van der Waals surface area contributed by atoms with Gasteiger partial charge >= 0.3 is 0 Å². The molecule has 3 aromatic rings. The van der Waals surface area contributed by atoms with Crippen LogP contribution in [0.4, 0.5) is 15.8 Å². The van der Waals surface area contributed by atoms with Crippen molar-refractivity contribution in [3.05, 3.63) is 90.2 Å². The summed E-state index contributed by atoms with van der Waals surface area (Å²) in [7, 11) is 1.82. The molecule has 7 heteroatoms. The number of carbonyl (C=O) groups is 2. The van der Waals surface area contributed by atoms with Gasteiger partial charge in [-0.3, -0.25) is 14.5 Å². The first kappa shape index (κ1) is 22.0. The third-order valence-electron chi connectivity index (χ3n) is 4.45. The molecular weight excluding hydrogens is 397 g/mol. The van der Waals surface area contributed by atoms with E-state index >= 15 is 0 Å². The second-order valence-electron chi connectivity index (χ2n) is 6.95. The first-order chi connectivity index (χ1) is 15.0. The molecule has 0 spiro atoms. The normalized spacial score (nSPS) is 10.5. The van der Waals surface area contributed by atoms with Gasteiger partial charge in [-0.1, -0.05) is 30.3 Å². The fraction of sp³-hybridized carbons (Fsp3) is 0.167. The van der Waals surface area contributed by atoms with Gasteiger partial charge in [0.05, 0.1) is 17.8 Å². The van der Waals surface area contributed by atoms with Crippen molar-refractivity contribution in [3.8, 4) is 5.75 Å². The molecule has 0 heterocycles. The number of halogens is 1. The first-order valence-electron chi connectivity index (χ1n) is 9.83. The lowest BCUT2D eigenvalue weighted by molar-refractivity contribution is -0.117. The Hall–Kier alpha value is -3.71. The minimum absolute atomic E-state index is 0.145. The Morgan fingerprint density at radius 1 is 0.903 bits per heavy atom. The molecule has 0 saturated heterocycles. The highest BCUT2D eigenvalue weighted by molar-refractivity contribution is 6.10. The van der Waals surface area contributed by atoms with Crippen molar-refractivity contribution < 1.29 is 18.7 Å². The average molecular weight is 421 g/mol. The summed E-state index contributed by atoms with van der Waals surface area (Å²) in [6, 6.07) is 21.7. The molecule has 0 aromatic heterocycles. The third-order valence-corrected chi connectivity index (χ3v) is 4.45. The lowest BCUT2D eigenvalue weighted by atomic mass is 10.1. The zero-order chi connectivity index (χ0) is 22.1. The Balaban J connectivity index is 1.52. The highest BCUT2D eigenvalue weighted by Gasteiger charge is 2.14. The molecule has 0 fully saturated rings. The van der Waals surface area contributed by atoms with E-state index in [9.17, 15) is 14.0 Å². The number of carbonyl (C=O) groups excluding carboxylic acids is 2. The Labute approximate surface area is 180 Å². The van der Waals surface area contributed by atoms with Crippen molar-refractivity contribution in [2.45, 2.75) is 0 Å². The van der Waals surface area contributed by atoms with Crippen LogP contribution in [0.2, 0.25) is 0 Å². The number of rotatable bonds is 9. The van der Waals surface area contributed by atoms with E-state index in [1.54, 1.807) is 24.3 Å². The largest absolute Gasteiger partial charge is 0.492 e. The summed E-state index contributed by atoms with van der Waals surface area (Å²) in [6.45, 7) is 1.16. The van der Waals surface area contributed by atoms with E-state index in [0.29, 0.717) is 30.1 Å². The third kappa shape index (κ3) is 6.94. The molecule has 0 atom stereocenters. The fourth-order valence-corrected chi connectivity index (χ4v) is 2.87. The highest BCUT2D eigenvalue weighted by atomic mass is 19.1. The molecule has 2 N–H and O–H groups in total. The van der Waals surface area contributed by atoms with E-state index in [2.05, 4.69) is 10.6 Å². The van der Waals surface area contributed by atoms with Gasteiger partial charge in [0.25, 0.3) is 5.91 Å². The summed E-state index contributed by atoms with van der Waals surface area (Å²) in [4.78, 5) is 26.9. The van der Waals surface area contributed by atoms with Gasteiger partial charge in [0.1, 0.15) is 18.2 Å². The molecule has 0 unspecified atom stereocenters. The van der Waals surface area contributed by atoms with Crippen molar-refractivity contribution in [3.63, 3.8) is 0 Å². The van der Waals surface area contributed by atoms with Crippen molar-refractivity contribution >= 4 is 23.2 Å². The highest BCUT2D eigenvalue weighted by Crippen LogP contribution is 2.18. The summed E-state index contributed by atoms with van der Waals surface area (Å²) in [5.41, 5.74) is 1.18. The maximum absolute atomic E-state index is 13.1. The minimum atomic E-state index is -0.396. The molecule has 0 aliphatic rings. The van der Waals surface area contributed by atoms with Gasteiger partial charge in [0, 0.05) is 12.2 Å². The first-order valence-corrected chi connectivity index (χ1v) is 9.83. The SMILES string of the molecule is CN(CCOc1ccccc1)CC(=O)Nc1ccccc1C(=O)Nc1ccc(F)cc1. The van der Waals surface area contributed by atoms with Crippen LogP contribution >= 0.6 is 0 Å². The topological polar surface area (TPSA) is 70.7 Å². The molecule has 2 amide bonds. The van der Waals surface area contributed by atoms with Gasteiger partial charge in [0.2, 0.25) is 5.91 Å². The monoisotopic (exact) mass is 421 g/mol. The minimum Gasteiger partial charge on any atom is -0.492 e. The van der Waals surface area contributed by atoms with Crippen molar-refractivity contribution in [1.82, 2.24) is 4.90 Å². The zero-order valence-electron chi connectivity index (χ0n) is 17.2. The van der Waals surface area contributed by atoms with Gasteiger partial charge in [-0.15, -0.1) is 0 Å². The number of amides is 2. The Morgan fingerprint density at radius 3 is 2.32 bits per heavy atom. The van der Waals surface area contributed by atoms with Crippen LogP contribution in [-0.2, 0) is 4.79 Å². The Bertz CT molecular complexity index is 1010. The quantitative estimate of drug-likeness (QED) is 0.547. The molecule has 0 aliphatic carbocycles. The zero-order valence-corrected chi connectivity index (χ0v) is 17.2. The smallest absolute Gasteiger partial charge is 0.257 e. The second kappa shape index (κ2) is 10.9. The number of ether oxygens (including phenoxy) is 1. The second-order valence-corrected chi connectivity index (χ2v) is 6.95. The number of nitrogens with zero attached hydrogens (tertiary/aromatic N) is 1. The number of hydrogen-bond acceptors (Lipinski definition) is 4. The summed E-state index contributed by atoms with van der Waals surface area (Å²) in [5, 5.41) is 5.48. The lowest BCUT2D eigenvalue weighted by Crippen LogP contribution is -2.33. The van der Waals surface area contributed by atoms with Crippen LogP contribution in [0.15, 0.2) is 78.9 Å². The van der Waals surface area contributed by atoms with Crippen LogP contribution in [0.3, 0.4) is 0 Å². The van der Waals surface area contributed by atoms with E-state index in [4.69, 9.17) is 4.74 Å². The molecule has 3 rings (SSSR count). The maximum atomic E-state index is 13.1. The van der Waals surface area contributed by atoms with Gasteiger partial charge in [-0.05, 0) is 55.6 Å². The van der Waals surface area contributed by atoms with Gasteiger partial charge in [0.15, 0.2) is 0 Å². The van der Waals surface area contributed by atoms with Crippen molar-refractivity contribution in [2.24, 2.45) is 0 Å². The summed E-state index contributed by atoms with van der Waals surface area (Å²) in [5.74, 6) is -0.248. The maximum Gasteiger partial charge on any atom is 0.257 e. The molecule has 0 bridgehead atoms. The van der Waals surface area contributed by atoms with E-state index < -0.39 is 5.91 Å². The molecule has 0 saturated carbocycles. The molecular formula is C24H24FN3O3. The number of hydrogen-bond donors (Lipinski definition) is 2. The number of benzene rings is 3. The van der Waals surface area contributed by atoms with Crippen LogP contribution < -0.4 is 15.4 Å². The van der Waals surface area contributed by atoms with Crippen LogP contribution in [0, 0.1) is 5.82 Å². The van der Waals surface area contributed by atoms with Crippen LogP contribution in [-0.4, -0.2) is 43.5 Å². The molecule has 0 radical (unpaired) electrons. The van der Waals surface area contributed by atoms with E-state index in [1.807, 2.05) is 42.3 Å². The molecule has 0 aliphatic heterocycles. The summed E-state index contributed by atoms with van der Waals surface area (Å²) < 4.78 is 18.7. The fourth-order valence-electron chi connectivity index (χ4n) is 2.87. The number of nitrogens with one attached hydrogen (secondary N) is 2. The predicted octanol–water partition coefficient (Wildman–Crippen LogP) is 4.03. The molecule has 6 nitrogen and oxygen atoms in total. The van der Waals surface area contributed by atoms with Crippen molar-refractivity contribution in [1.29, 1.82) is 0 Å².